The van der Waals surface area contributed by atoms with Gasteiger partial charge >= 0.3 is 5.69 Å². The summed E-state index contributed by atoms with van der Waals surface area (Å²) in [5.41, 5.74) is 5.21. The Morgan fingerprint density at radius 1 is 1.67 bits per heavy atom. The lowest BCUT2D eigenvalue weighted by atomic mass is 10.0. The maximum Gasteiger partial charge on any atom is 0.377 e. The highest BCUT2D eigenvalue weighted by Crippen LogP contribution is 2.14. The van der Waals surface area contributed by atoms with Crippen molar-refractivity contribution >= 4 is 0 Å². The van der Waals surface area contributed by atoms with Gasteiger partial charge in [-0.3, -0.25) is 0 Å². The molecule has 0 amide bonds. The average molecular weight is 171 g/mol. The third kappa shape index (κ3) is 2.20. The lowest BCUT2D eigenvalue weighted by molar-refractivity contribution is 0.333. The molecule has 12 heavy (non-hydrogen) atoms. The third-order valence-corrected chi connectivity index (χ3v) is 1.50. The van der Waals surface area contributed by atoms with Crippen molar-refractivity contribution in [1.82, 2.24) is 10.1 Å². The maximum atomic E-state index is 10.6. The van der Waals surface area contributed by atoms with E-state index in [1.54, 1.807) is 0 Å². The Morgan fingerprint density at radius 3 is 2.75 bits per heavy atom. The first-order valence-electron chi connectivity index (χ1n) is 3.90. The predicted molar refractivity (Wildman–Crippen MR) is 43.5 cm³/mol. The summed E-state index contributed by atoms with van der Waals surface area (Å²) in [6.45, 7) is 4.09. The van der Waals surface area contributed by atoms with Gasteiger partial charge in [-0.15, -0.1) is 0 Å². The molecule has 0 spiro atoms. The minimum atomic E-state index is -0.482. The molecule has 1 atom stereocenters. The van der Waals surface area contributed by atoms with E-state index in [0.717, 1.165) is 6.42 Å². The molecule has 0 saturated heterocycles. The highest BCUT2D eigenvalue weighted by atomic mass is 16.5. The van der Waals surface area contributed by atoms with Crippen LogP contribution in [0.2, 0.25) is 0 Å². The summed E-state index contributed by atoms with van der Waals surface area (Å²) in [4.78, 5) is 14.1. The van der Waals surface area contributed by atoms with Crippen molar-refractivity contribution in [3.05, 3.63) is 16.4 Å². The number of H-pyrrole nitrogens is 1. The molecule has 5 nitrogen and oxygen atoms in total. The molecule has 1 rings (SSSR count). The summed E-state index contributed by atoms with van der Waals surface area (Å²) >= 11 is 0. The molecule has 0 aliphatic heterocycles. The van der Waals surface area contributed by atoms with Crippen LogP contribution in [0.1, 0.15) is 32.2 Å². The summed E-state index contributed by atoms with van der Waals surface area (Å²) in [5.74, 6) is 0.746. The fourth-order valence-corrected chi connectivity index (χ4v) is 1.01. The molecule has 3 N–H and O–H groups in total. The second-order valence-electron chi connectivity index (χ2n) is 3.20. The minimum Gasteiger partial charge on any atom is -0.360 e. The van der Waals surface area contributed by atoms with E-state index in [1.165, 1.54) is 0 Å². The van der Waals surface area contributed by atoms with Gasteiger partial charge in [0.1, 0.15) is 0 Å². The number of nitrogens with zero attached hydrogens (tertiary/aromatic N) is 1. The van der Waals surface area contributed by atoms with Gasteiger partial charge in [0.25, 0.3) is 0 Å². The standard InChI is InChI=1S/C7H13N3O2/c1-4(2)3-5(8)6-9-7(11)10-12-6/h4-5H,3,8H2,1-2H3,(H,10,11)/t5-/m1/s1. The van der Waals surface area contributed by atoms with Crippen molar-refractivity contribution in [1.29, 1.82) is 0 Å². The fourth-order valence-electron chi connectivity index (χ4n) is 1.01. The smallest absolute Gasteiger partial charge is 0.360 e. The highest BCUT2D eigenvalue weighted by molar-refractivity contribution is 4.85. The van der Waals surface area contributed by atoms with Crippen LogP contribution in [0.3, 0.4) is 0 Å². The summed E-state index contributed by atoms with van der Waals surface area (Å²) in [5, 5.41) is 2.10. The first-order valence-corrected chi connectivity index (χ1v) is 3.90. The van der Waals surface area contributed by atoms with Gasteiger partial charge in [-0.25, -0.2) is 4.79 Å². The van der Waals surface area contributed by atoms with Crippen LogP contribution in [-0.4, -0.2) is 10.1 Å². The Hall–Kier alpha value is -1.10. The number of rotatable bonds is 3. The third-order valence-electron chi connectivity index (χ3n) is 1.50. The monoisotopic (exact) mass is 171 g/mol. The van der Waals surface area contributed by atoms with Crippen molar-refractivity contribution < 1.29 is 4.52 Å². The Kier molecular flexibility index (Phi) is 2.65. The van der Waals surface area contributed by atoms with Crippen molar-refractivity contribution in [2.24, 2.45) is 11.7 Å². The van der Waals surface area contributed by atoms with Gasteiger partial charge in [0, 0.05) is 0 Å². The topological polar surface area (TPSA) is 84.9 Å². The van der Waals surface area contributed by atoms with Gasteiger partial charge in [0.2, 0.25) is 5.89 Å². The van der Waals surface area contributed by atoms with Crippen LogP contribution in [0, 0.1) is 5.92 Å². The molecule has 0 fully saturated rings. The van der Waals surface area contributed by atoms with Crippen LogP contribution in [0.15, 0.2) is 9.32 Å². The van der Waals surface area contributed by atoms with Gasteiger partial charge < -0.3 is 10.3 Å². The molecule has 0 aromatic carbocycles. The molecule has 68 valence electrons. The Labute approximate surface area is 69.9 Å². The molecule has 5 heteroatoms. The van der Waals surface area contributed by atoms with E-state index in [9.17, 15) is 4.79 Å². The number of hydrogen-bond acceptors (Lipinski definition) is 4. The first-order chi connectivity index (χ1) is 5.59. The van der Waals surface area contributed by atoms with E-state index >= 15 is 0 Å². The lowest BCUT2D eigenvalue weighted by Gasteiger charge is -2.08. The van der Waals surface area contributed by atoms with Gasteiger partial charge in [-0.05, 0) is 12.3 Å². The Morgan fingerprint density at radius 2 is 2.33 bits per heavy atom. The zero-order valence-electron chi connectivity index (χ0n) is 7.20. The number of nitrogens with one attached hydrogen (secondary N) is 1. The average Bonchev–Trinajstić information content (AvgIpc) is 2.34. The number of hydrogen-bond donors (Lipinski definition) is 2. The van der Waals surface area contributed by atoms with Gasteiger partial charge in [-0.1, -0.05) is 13.8 Å². The lowest BCUT2D eigenvalue weighted by Crippen LogP contribution is -2.14. The maximum absolute atomic E-state index is 10.6. The van der Waals surface area contributed by atoms with Gasteiger partial charge in [-0.2, -0.15) is 10.1 Å². The van der Waals surface area contributed by atoms with E-state index in [-0.39, 0.29) is 11.9 Å². The summed E-state index contributed by atoms with van der Waals surface area (Å²) in [7, 11) is 0. The molecule has 0 radical (unpaired) electrons. The highest BCUT2D eigenvalue weighted by Gasteiger charge is 2.13. The molecule has 1 aromatic rings. The quantitative estimate of drug-likeness (QED) is 0.689. The first kappa shape index (κ1) is 8.99. The summed E-state index contributed by atoms with van der Waals surface area (Å²) in [6, 6.07) is -0.288. The van der Waals surface area contributed by atoms with E-state index in [0.29, 0.717) is 5.92 Å². The van der Waals surface area contributed by atoms with E-state index in [2.05, 4.69) is 10.1 Å². The number of nitrogens with two attached hydrogens (primary N) is 1. The summed E-state index contributed by atoms with van der Waals surface area (Å²) < 4.78 is 4.75. The molecule has 0 unspecified atom stereocenters. The largest absolute Gasteiger partial charge is 0.377 e. The Bertz CT molecular complexity index is 289. The molecule has 0 aliphatic rings. The minimum absolute atomic E-state index is 0.286. The van der Waals surface area contributed by atoms with Crippen molar-refractivity contribution in [2.45, 2.75) is 26.3 Å². The second kappa shape index (κ2) is 3.53. The normalized spacial score (nSPS) is 13.7. The SMILES string of the molecule is CC(C)C[C@@H](N)c1nc(=O)[nH]o1. The van der Waals surface area contributed by atoms with E-state index < -0.39 is 5.69 Å². The van der Waals surface area contributed by atoms with Crippen LogP contribution in [0.4, 0.5) is 0 Å². The zero-order valence-corrected chi connectivity index (χ0v) is 7.20. The molecule has 0 bridgehead atoms. The van der Waals surface area contributed by atoms with Crippen LogP contribution in [0.5, 0.6) is 0 Å². The van der Waals surface area contributed by atoms with Gasteiger partial charge in [0.15, 0.2) is 0 Å². The van der Waals surface area contributed by atoms with Crippen molar-refractivity contribution in [2.75, 3.05) is 0 Å². The van der Waals surface area contributed by atoms with Crippen molar-refractivity contribution in [3.63, 3.8) is 0 Å². The molecular formula is C7H13N3O2. The number of aromatic amines is 1. The van der Waals surface area contributed by atoms with E-state index in [1.807, 2.05) is 13.8 Å². The second-order valence-corrected chi connectivity index (χ2v) is 3.20. The van der Waals surface area contributed by atoms with Gasteiger partial charge in [0.05, 0.1) is 6.04 Å². The molecule has 1 heterocycles. The molecule has 0 saturated carbocycles. The van der Waals surface area contributed by atoms with E-state index in [4.69, 9.17) is 10.3 Å². The van der Waals surface area contributed by atoms with Crippen molar-refractivity contribution in [3.8, 4) is 0 Å². The molecule has 1 aromatic heterocycles. The summed E-state index contributed by atoms with van der Waals surface area (Å²) in [6.07, 6.45) is 0.758. The fraction of sp³-hybridized carbons (Fsp3) is 0.714. The number of aromatic nitrogens is 2. The van der Waals surface area contributed by atoms with Crippen LogP contribution in [-0.2, 0) is 0 Å². The zero-order chi connectivity index (χ0) is 9.14. The molecular weight excluding hydrogens is 158 g/mol. The van der Waals surface area contributed by atoms with Crippen LogP contribution in [0.25, 0.3) is 0 Å². The Balaban J connectivity index is 2.65. The van der Waals surface area contributed by atoms with Crippen LogP contribution >= 0.6 is 0 Å². The van der Waals surface area contributed by atoms with Crippen LogP contribution < -0.4 is 11.4 Å². The molecule has 0 aliphatic carbocycles. The predicted octanol–water partition coefficient (Wildman–Crippen LogP) is 0.409.